The third-order valence-electron chi connectivity index (χ3n) is 3.80. The lowest BCUT2D eigenvalue weighted by Gasteiger charge is -2.30. The number of esters is 1. The number of carboxylic acids is 2. The summed E-state index contributed by atoms with van der Waals surface area (Å²) in [6, 6.07) is 6.88. The van der Waals surface area contributed by atoms with Crippen LogP contribution in [0.15, 0.2) is 35.2 Å². The molecule has 0 aromatic heterocycles. The van der Waals surface area contributed by atoms with Crippen LogP contribution in [0.1, 0.15) is 34.6 Å². The van der Waals surface area contributed by atoms with E-state index in [0.29, 0.717) is 0 Å². The summed E-state index contributed by atoms with van der Waals surface area (Å²) < 4.78 is 40.7. The van der Waals surface area contributed by atoms with Crippen molar-refractivity contribution in [1.82, 2.24) is 0 Å². The molecule has 1 aromatic rings. The largest absolute Gasteiger partial charge is 0.479 e. The molecule has 0 amide bonds. The van der Waals surface area contributed by atoms with Crippen LogP contribution in [0.2, 0.25) is 0 Å². The summed E-state index contributed by atoms with van der Waals surface area (Å²) in [5.41, 5.74) is -6.16. The van der Waals surface area contributed by atoms with Crippen LogP contribution in [0, 0.1) is 0 Å². The van der Waals surface area contributed by atoms with Gasteiger partial charge in [0.25, 0.3) is 11.0 Å². The fraction of sp³-hybridized carbons (Fsp3) is 0.526. The molecule has 0 heterocycles. The van der Waals surface area contributed by atoms with Crippen LogP contribution >= 0.6 is 0 Å². The number of carboxylic acid groups (broad SMARTS) is 2. The zero-order valence-corrected chi connectivity index (χ0v) is 18.1. The van der Waals surface area contributed by atoms with Crippen molar-refractivity contribution in [1.29, 1.82) is 0 Å². The van der Waals surface area contributed by atoms with Crippen LogP contribution in [0.25, 0.3) is 0 Å². The first-order chi connectivity index (χ1) is 13.6. The maximum absolute atomic E-state index is 12.6. The van der Waals surface area contributed by atoms with Crippen molar-refractivity contribution in [2.24, 2.45) is 0 Å². The van der Waals surface area contributed by atoms with Gasteiger partial charge in [-0.1, -0.05) is 18.2 Å². The van der Waals surface area contributed by atoms with Crippen LogP contribution < -0.4 is 0 Å². The lowest BCUT2D eigenvalue weighted by molar-refractivity contribution is -0.195. The molecule has 0 fully saturated rings. The van der Waals surface area contributed by atoms with E-state index in [9.17, 15) is 33.0 Å². The Hall–Kier alpha value is -2.50. The maximum Gasteiger partial charge on any atom is 0.350 e. The number of benzene rings is 1. The van der Waals surface area contributed by atoms with Crippen LogP contribution in [0.5, 0.6) is 0 Å². The van der Waals surface area contributed by atoms with Crippen molar-refractivity contribution in [2.75, 3.05) is 6.61 Å². The number of rotatable bonds is 11. The first-order valence-electron chi connectivity index (χ1n) is 8.91. The number of aliphatic carboxylic acids is 2. The molecule has 0 aliphatic carbocycles. The first kappa shape index (κ1) is 25.5. The van der Waals surface area contributed by atoms with Gasteiger partial charge in [-0.2, -0.15) is 0 Å². The summed E-state index contributed by atoms with van der Waals surface area (Å²) in [5.74, 6) is -4.56. The molecule has 10 nitrogen and oxygen atoms in total. The number of carbonyl (C=O) groups excluding carboxylic acids is 1. The van der Waals surface area contributed by atoms with Crippen molar-refractivity contribution in [3.8, 4) is 0 Å². The second kappa shape index (κ2) is 9.54. The van der Waals surface area contributed by atoms with E-state index in [1.165, 1.54) is 52.0 Å². The molecule has 1 aromatic carbocycles. The number of hydrogen-bond donors (Lipinski definition) is 2. The minimum Gasteiger partial charge on any atom is -0.479 e. The van der Waals surface area contributed by atoms with E-state index in [1.54, 1.807) is 6.07 Å². The molecule has 2 N–H and O–H groups in total. The van der Waals surface area contributed by atoms with E-state index < -0.39 is 57.1 Å². The molecule has 168 valence electrons. The Morgan fingerprint density at radius 3 is 1.97 bits per heavy atom. The molecule has 0 saturated carbocycles. The summed E-state index contributed by atoms with van der Waals surface area (Å²) in [4.78, 5) is 35.1. The first-order valence-corrected chi connectivity index (χ1v) is 10.5. The average molecular weight is 446 g/mol. The van der Waals surface area contributed by atoms with Crippen molar-refractivity contribution in [3.63, 3.8) is 0 Å². The zero-order valence-electron chi connectivity index (χ0n) is 17.3. The van der Waals surface area contributed by atoms with Gasteiger partial charge in [-0.25, -0.2) is 22.8 Å². The molecular formula is C19H26O10S. The Labute approximate surface area is 174 Å². The minimum atomic E-state index is -4.41. The predicted molar refractivity (Wildman–Crippen MR) is 103 cm³/mol. The van der Waals surface area contributed by atoms with Crippen LogP contribution in [0.3, 0.4) is 0 Å². The van der Waals surface area contributed by atoms with Gasteiger partial charge in [0.1, 0.15) is 6.61 Å². The molecule has 0 aliphatic rings. The second-order valence-electron chi connectivity index (χ2n) is 7.49. The zero-order chi connectivity index (χ0) is 23.3. The molecule has 0 bridgehead atoms. The van der Waals surface area contributed by atoms with Gasteiger partial charge in [0, 0.05) is 0 Å². The summed E-state index contributed by atoms with van der Waals surface area (Å²) in [5, 5.41) is 18.7. The molecule has 0 radical (unpaired) electrons. The van der Waals surface area contributed by atoms with Gasteiger partial charge in [0.05, 0.1) is 16.6 Å². The lowest BCUT2D eigenvalue weighted by atomic mass is 10.1. The fourth-order valence-electron chi connectivity index (χ4n) is 2.34. The highest BCUT2D eigenvalue weighted by Gasteiger charge is 2.47. The van der Waals surface area contributed by atoms with E-state index in [4.69, 9.17) is 14.2 Å². The van der Waals surface area contributed by atoms with Gasteiger partial charge in [-0.05, 0) is 46.8 Å². The highest BCUT2D eigenvalue weighted by molar-refractivity contribution is 7.92. The van der Waals surface area contributed by atoms with Crippen LogP contribution in [0.4, 0.5) is 0 Å². The fourth-order valence-corrected chi connectivity index (χ4v) is 3.77. The molecule has 0 aliphatic heterocycles. The summed E-state index contributed by atoms with van der Waals surface area (Å²) in [7, 11) is -4.41. The van der Waals surface area contributed by atoms with Crippen molar-refractivity contribution >= 4 is 27.7 Å². The second-order valence-corrected chi connectivity index (χ2v) is 9.48. The van der Waals surface area contributed by atoms with E-state index in [2.05, 4.69) is 0 Å². The van der Waals surface area contributed by atoms with Gasteiger partial charge in [-0.3, -0.25) is 0 Å². The Morgan fingerprint density at radius 2 is 1.53 bits per heavy atom. The molecule has 1 rings (SSSR count). The minimum absolute atomic E-state index is 0.256. The molecule has 11 heteroatoms. The summed E-state index contributed by atoms with van der Waals surface area (Å²) in [6.07, 6.45) is -0.602. The normalized spacial score (nSPS) is 15.3. The maximum atomic E-state index is 12.6. The Morgan fingerprint density at radius 1 is 1.00 bits per heavy atom. The van der Waals surface area contributed by atoms with Crippen LogP contribution in [-0.4, -0.2) is 65.9 Å². The van der Waals surface area contributed by atoms with Crippen molar-refractivity contribution in [2.45, 2.75) is 62.3 Å². The smallest absolute Gasteiger partial charge is 0.350 e. The number of ether oxygens (including phenoxy) is 3. The Bertz CT molecular complexity index is 876. The van der Waals surface area contributed by atoms with Gasteiger partial charge in [0.2, 0.25) is 9.84 Å². The molecule has 2 unspecified atom stereocenters. The lowest BCUT2D eigenvalue weighted by Crippen LogP contribution is -2.50. The number of hydrogen-bond acceptors (Lipinski definition) is 8. The van der Waals surface area contributed by atoms with Gasteiger partial charge < -0.3 is 24.4 Å². The van der Waals surface area contributed by atoms with Crippen molar-refractivity contribution in [3.05, 3.63) is 30.3 Å². The van der Waals surface area contributed by atoms with Gasteiger partial charge in [-0.15, -0.1) is 0 Å². The van der Waals surface area contributed by atoms with E-state index in [1.807, 2.05) is 0 Å². The summed E-state index contributed by atoms with van der Waals surface area (Å²) in [6.45, 7) is 6.08. The standard InChI is InChI=1S/C19H26O10S/c1-12(2)28-19(5,16(22)23)17(24)27-11-18(3,4)29-15(14(20)21)30(25,26)13-9-7-6-8-10-13/h6-10,12,15H,11H2,1-5H3,(H,20,21)(H,22,23). The third kappa shape index (κ3) is 6.25. The van der Waals surface area contributed by atoms with Crippen molar-refractivity contribution < 1.29 is 47.2 Å². The molecular weight excluding hydrogens is 420 g/mol. The third-order valence-corrected chi connectivity index (χ3v) is 5.59. The van der Waals surface area contributed by atoms with E-state index in [0.717, 1.165) is 6.92 Å². The van der Waals surface area contributed by atoms with Gasteiger partial charge in [0.15, 0.2) is 0 Å². The molecule has 30 heavy (non-hydrogen) atoms. The highest BCUT2D eigenvalue weighted by atomic mass is 32.2. The Balaban J connectivity index is 3.01. The topological polar surface area (TPSA) is 154 Å². The van der Waals surface area contributed by atoms with E-state index >= 15 is 0 Å². The summed E-state index contributed by atoms with van der Waals surface area (Å²) >= 11 is 0. The highest BCUT2D eigenvalue weighted by Crippen LogP contribution is 2.24. The Kier molecular flexibility index (Phi) is 8.12. The predicted octanol–water partition coefficient (Wildman–Crippen LogP) is 1.48. The SMILES string of the molecule is CC(C)OC(C)(C(=O)O)C(=O)OCC(C)(C)OC(C(=O)O)S(=O)(=O)c1ccccc1. The molecule has 0 saturated heterocycles. The molecule has 0 spiro atoms. The number of carbonyl (C=O) groups is 3. The van der Waals surface area contributed by atoms with Gasteiger partial charge >= 0.3 is 17.9 Å². The molecule has 2 atom stereocenters. The van der Waals surface area contributed by atoms with Crippen LogP contribution in [-0.2, 0) is 38.4 Å². The van der Waals surface area contributed by atoms with E-state index in [-0.39, 0.29) is 4.90 Å². The monoisotopic (exact) mass is 446 g/mol. The average Bonchev–Trinajstić information content (AvgIpc) is 2.64. The number of sulfone groups is 1. The quantitative estimate of drug-likeness (QED) is 0.377.